The molecule has 2 aromatic rings. The Bertz CT molecular complexity index is 661. The van der Waals surface area contributed by atoms with Crippen LogP contribution >= 0.6 is 0 Å². The van der Waals surface area contributed by atoms with Crippen LogP contribution in [-0.2, 0) is 17.5 Å². The number of halogens is 3. The second-order valence-electron chi connectivity index (χ2n) is 6.12. The van der Waals surface area contributed by atoms with Crippen molar-refractivity contribution in [1.29, 1.82) is 0 Å². The fraction of sp³-hybridized carbons (Fsp3) is 0.467. The Labute approximate surface area is 130 Å². The largest absolute Gasteiger partial charge is 0.598 e. The van der Waals surface area contributed by atoms with E-state index in [0.29, 0.717) is 11.1 Å². The third kappa shape index (κ3) is 3.77. The molecule has 0 amide bonds. The predicted octanol–water partition coefficient (Wildman–Crippen LogP) is 4.56. The van der Waals surface area contributed by atoms with Gasteiger partial charge in [-0.3, -0.25) is 0 Å². The van der Waals surface area contributed by atoms with Gasteiger partial charge in [0.2, 0.25) is 0 Å². The van der Waals surface area contributed by atoms with Crippen LogP contribution in [0.3, 0.4) is 0 Å². The summed E-state index contributed by atoms with van der Waals surface area (Å²) in [7, 11) is 0. The lowest BCUT2D eigenvalue weighted by Crippen LogP contribution is -2.40. The van der Waals surface area contributed by atoms with Crippen molar-refractivity contribution in [3.63, 3.8) is 0 Å². The number of hydrogen-bond donors (Lipinski definition) is 1. The van der Waals surface area contributed by atoms with Crippen molar-refractivity contribution in [2.75, 3.05) is 0 Å². The Morgan fingerprint density at radius 1 is 1.18 bits per heavy atom. The number of nitrogens with one attached hydrogen (secondary N) is 1. The van der Waals surface area contributed by atoms with E-state index in [1.54, 1.807) is 13.0 Å². The van der Waals surface area contributed by atoms with Crippen LogP contribution < -0.4 is 4.72 Å². The number of rotatable bonds is 3. The average Bonchev–Trinajstić information content (AvgIpc) is 2.79. The van der Waals surface area contributed by atoms with Crippen LogP contribution in [-0.4, -0.2) is 9.30 Å². The second kappa shape index (κ2) is 5.79. The van der Waals surface area contributed by atoms with Gasteiger partial charge in [0.15, 0.2) is 0 Å². The molecule has 1 unspecified atom stereocenters. The van der Waals surface area contributed by atoms with E-state index in [4.69, 9.17) is 4.42 Å². The monoisotopic (exact) mass is 333 g/mol. The zero-order chi connectivity index (χ0) is 16.7. The summed E-state index contributed by atoms with van der Waals surface area (Å²) in [4.78, 5) is 0. The maximum atomic E-state index is 12.7. The highest BCUT2D eigenvalue weighted by Crippen LogP contribution is 2.33. The number of hydrogen-bond acceptors (Lipinski definition) is 3. The van der Waals surface area contributed by atoms with Crippen LogP contribution in [0.4, 0.5) is 13.2 Å². The summed E-state index contributed by atoms with van der Waals surface area (Å²) in [5, 5.41) is 0.582. The average molecular weight is 333 g/mol. The summed E-state index contributed by atoms with van der Waals surface area (Å²) in [6, 6.07) is 4.66. The molecule has 0 radical (unpaired) electrons. The van der Waals surface area contributed by atoms with Crippen LogP contribution in [0.2, 0.25) is 0 Å². The summed E-state index contributed by atoms with van der Waals surface area (Å²) in [6.45, 7) is 7.25. The molecular weight excluding hydrogens is 315 g/mol. The third-order valence-corrected chi connectivity index (χ3v) is 4.81. The van der Waals surface area contributed by atoms with Crippen LogP contribution in [0.15, 0.2) is 28.7 Å². The molecule has 122 valence electrons. The number of benzene rings is 1. The maximum absolute atomic E-state index is 12.7. The summed E-state index contributed by atoms with van der Waals surface area (Å²) in [6.07, 6.45) is -4.40. The molecule has 2 rings (SSSR count). The van der Waals surface area contributed by atoms with E-state index in [0.717, 1.165) is 12.1 Å². The zero-order valence-corrected chi connectivity index (χ0v) is 13.6. The maximum Gasteiger partial charge on any atom is 0.416 e. The van der Waals surface area contributed by atoms with E-state index in [1.807, 2.05) is 20.8 Å². The van der Waals surface area contributed by atoms with Gasteiger partial charge in [0.05, 0.1) is 5.56 Å². The minimum atomic E-state index is -4.40. The van der Waals surface area contributed by atoms with Gasteiger partial charge < -0.3 is 8.97 Å². The van der Waals surface area contributed by atoms with Crippen molar-refractivity contribution in [1.82, 2.24) is 4.72 Å². The Kier molecular flexibility index (Phi) is 4.52. The first-order valence-electron chi connectivity index (χ1n) is 6.77. The fourth-order valence-corrected chi connectivity index (χ4v) is 2.63. The van der Waals surface area contributed by atoms with Gasteiger partial charge in [0.25, 0.3) is 0 Å². The molecule has 0 aliphatic rings. The zero-order valence-electron chi connectivity index (χ0n) is 12.7. The van der Waals surface area contributed by atoms with Crippen molar-refractivity contribution in [2.45, 2.75) is 44.7 Å². The molecule has 2 atom stereocenters. The summed E-state index contributed by atoms with van der Waals surface area (Å²) < 4.78 is 58.1. The van der Waals surface area contributed by atoms with E-state index in [9.17, 15) is 17.7 Å². The van der Waals surface area contributed by atoms with Crippen molar-refractivity contribution >= 4 is 22.3 Å². The molecule has 0 aliphatic carbocycles. The number of alkyl halides is 3. The van der Waals surface area contributed by atoms with Crippen molar-refractivity contribution < 1.29 is 22.1 Å². The third-order valence-electron chi connectivity index (χ3n) is 3.13. The van der Waals surface area contributed by atoms with Crippen molar-refractivity contribution in [3.8, 4) is 0 Å². The lowest BCUT2D eigenvalue weighted by Gasteiger charge is -2.25. The first-order chi connectivity index (χ1) is 9.98. The van der Waals surface area contributed by atoms with Gasteiger partial charge in [0, 0.05) is 16.7 Å². The Morgan fingerprint density at radius 2 is 1.82 bits per heavy atom. The van der Waals surface area contributed by atoms with Gasteiger partial charge in [-0.25, -0.2) is 0 Å². The molecule has 0 aliphatic heterocycles. The Balaban J connectivity index is 2.26. The van der Waals surface area contributed by atoms with Crippen LogP contribution in [0.25, 0.3) is 11.0 Å². The summed E-state index contributed by atoms with van der Waals surface area (Å²) >= 11 is -1.30. The molecular formula is C15H18F3NO2S. The normalized spacial score (nSPS) is 16.0. The van der Waals surface area contributed by atoms with E-state index < -0.39 is 27.8 Å². The van der Waals surface area contributed by atoms with Gasteiger partial charge in [-0.15, -0.1) is 4.72 Å². The molecule has 1 heterocycles. The fourth-order valence-electron chi connectivity index (χ4n) is 1.84. The summed E-state index contributed by atoms with van der Waals surface area (Å²) in [5.74, 6) is 0.451. The molecule has 0 fully saturated rings. The van der Waals surface area contributed by atoms with Gasteiger partial charge in [-0.05, 0) is 45.9 Å². The molecule has 22 heavy (non-hydrogen) atoms. The number of furan rings is 1. The highest BCUT2D eigenvalue weighted by molar-refractivity contribution is 7.90. The second-order valence-corrected chi connectivity index (χ2v) is 8.12. The summed E-state index contributed by atoms with van der Waals surface area (Å²) in [5.41, 5.74) is -0.584. The molecule has 0 spiro atoms. The quantitative estimate of drug-likeness (QED) is 0.837. The Hall–Kier alpha value is -1.18. The van der Waals surface area contributed by atoms with Gasteiger partial charge >= 0.3 is 6.18 Å². The van der Waals surface area contributed by atoms with E-state index in [1.165, 1.54) is 6.07 Å². The molecule has 1 aromatic carbocycles. The van der Waals surface area contributed by atoms with Gasteiger partial charge in [0.1, 0.15) is 22.1 Å². The van der Waals surface area contributed by atoms with E-state index in [-0.39, 0.29) is 11.6 Å². The molecule has 0 bridgehead atoms. The highest BCUT2D eigenvalue weighted by Gasteiger charge is 2.32. The first kappa shape index (κ1) is 17.2. The van der Waals surface area contributed by atoms with Crippen molar-refractivity contribution in [2.24, 2.45) is 0 Å². The van der Waals surface area contributed by atoms with Crippen LogP contribution in [0, 0.1) is 0 Å². The van der Waals surface area contributed by atoms with Crippen molar-refractivity contribution in [3.05, 3.63) is 35.6 Å². The first-order valence-corrected chi connectivity index (χ1v) is 7.92. The van der Waals surface area contributed by atoms with E-state index in [2.05, 4.69) is 4.72 Å². The lowest BCUT2D eigenvalue weighted by atomic mass is 10.1. The SMILES string of the molecule is CC(N[S@@+]([O-])C(C)(C)C)c1cc2ccc(C(F)(F)F)cc2o1. The Morgan fingerprint density at radius 3 is 2.36 bits per heavy atom. The standard InChI is InChI=1S/C15H18F3NO2S/c1-9(19-22(20)14(2,3)4)12-7-10-5-6-11(15(16,17)18)8-13(10)21-12/h5-9,19H,1-4H3/t9?,22-/m0/s1. The van der Waals surface area contributed by atoms with E-state index >= 15 is 0 Å². The molecule has 0 saturated heterocycles. The minimum absolute atomic E-state index is 0.167. The molecule has 1 aromatic heterocycles. The highest BCUT2D eigenvalue weighted by atomic mass is 32.2. The number of fused-ring (bicyclic) bond motifs is 1. The lowest BCUT2D eigenvalue weighted by molar-refractivity contribution is -0.137. The van der Waals surface area contributed by atoms with Gasteiger partial charge in [-0.2, -0.15) is 13.2 Å². The molecule has 1 N–H and O–H groups in total. The smallest absolute Gasteiger partial charge is 0.416 e. The van der Waals surface area contributed by atoms with Crippen LogP contribution in [0.1, 0.15) is 45.1 Å². The minimum Gasteiger partial charge on any atom is -0.598 e. The molecule has 0 saturated carbocycles. The molecule has 7 heteroatoms. The van der Waals surface area contributed by atoms with Gasteiger partial charge in [-0.1, -0.05) is 6.07 Å². The predicted molar refractivity (Wildman–Crippen MR) is 80.7 cm³/mol. The van der Waals surface area contributed by atoms with Crippen LogP contribution in [0.5, 0.6) is 0 Å². The topological polar surface area (TPSA) is 48.2 Å². The molecule has 3 nitrogen and oxygen atoms in total.